The van der Waals surface area contributed by atoms with Crippen molar-refractivity contribution in [3.63, 3.8) is 0 Å². The van der Waals surface area contributed by atoms with Crippen LogP contribution in [0.5, 0.6) is 5.75 Å². The van der Waals surface area contributed by atoms with Crippen LogP contribution in [0, 0.1) is 6.92 Å². The topological polar surface area (TPSA) is 79.1 Å². The highest BCUT2D eigenvalue weighted by Crippen LogP contribution is 2.38. The van der Waals surface area contributed by atoms with Crippen LogP contribution in [0.25, 0.3) is 5.65 Å². The number of fused-ring (bicyclic) bond motifs is 2. The summed E-state index contributed by atoms with van der Waals surface area (Å²) in [6.45, 7) is 3.43. The highest BCUT2D eigenvalue weighted by atomic mass is 16.6. The maximum absolute atomic E-state index is 12.3. The van der Waals surface area contributed by atoms with Gasteiger partial charge >= 0.3 is 5.97 Å². The molecule has 0 spiro atoms. The van der Waals surface area contributed by atoms with Gasteiger partial charge in [0.1, 0.15) is 11.8 Å². The maximum Gasteiger partial charge on any atom is 0.335 e. The third-order valence-corrected chi connectivity index (χ3v) is 5.27. The van der Waals surface area contributed by atoms with Gasteiger partial charge in [-0.2, -0.15) is 0 Å². The van der Waals surface area contributed by atoms with Gasteiger partial charge in [0.25, 0.3) is 0 Å². The van der Waals surface area contributed by atoms with E-state index < -0.39 is 24.3 Å². The van der Waals surface area contributed by atoms with Gasteiger partial charge in [0.2, 0.25) is 0 Å². The number of carbonyl (C=O) groups is 2. The number of pyridine rings is 1. The fourth-order valence-electron chi connectivity index (χ4n) is 3.65. The Bertz CT molecular complexity index is 1070. The van der Waals surface area contributed by atoms with Crippen molar-refractivity contribution in [2.45, 2.75) is 38.6 Å². The van der Waals surface area contributed by atoms with E-state index in [2.05, 4.69) is 4.98 Å². The molecule has 2 aromatic heterocycles. The zero-order valence-corrected chi connectivity index (χ0v) is 16.5. The van der Waals surface area contributed by atoms with E-state index in [0.717, 1.165) is 17.4 Å². The van der Waals surface area contributed by atoms with Gasteiger partial charge in [0.05, 0.1) is 5.69 Å². The second kappa shape index (κ2) is 7.67. The Morgan fingerprint density at radius 1 is 1.28 bits per heavy atom. The maximum atomic E-state index is 12.3. The number of esters is 1. The number of methoxy groups -OCH3 is 1. The minimum atomic E-state index is -0.659. The van der Waals surface area contributed by atoms with E-state index >= 15 is 0 Å². The Morgan fingerprint density at radius 3 is 2.83 bits per heavy atom. The summed E-state index contributed by atoms with van der Waals surface area (Å²) in [5.41, 5.74) is 3.69. The fraction of sp³-hybridized carbons (Fsp3) is 0.318. The lowest BCUT2D eigenvalue weighted by atomic mass is 10.1. The second-order valence-corrected chi connectivity index (χ2v) is 7.06. The number of hydrogen-bond donors (Lipinski definition) is 0. The molecule has 0 saturated heterocycles. The average molecular weight is 394 g/mol. The summed E-state index contributed by atoms with van der Waals surface area (Å²) < 4.78 is 18.8. The molecule has 0 unspecified atom stereocenters. The van der Waals surface area contributed by atoms with E-state index in [1.165, 1.54) is 7.11 Å². The van der Waals surface area contributed by atoms with E-state index in [1.54, 1.807) is 36.6 Å². The lowest BCUT2D eigenvalue weighted by Crippen LogP contribution is -2.31. The van der Waals surface area contributed by atoms with Crippen molar-refractivity contribution < 1.29 is 23.8 Å². The largest absolute Gasteiger partial charge is 0.478 e. The van der Waals surface area contributed by atoms with Crippen molar-refractivity contribution in [1.82, 2.24) is 9.38 Å². The molecule has 7 nitrogen and oxygen atoms in total. The molecule has 3 atom stereocenters. The number of aromatic nitrogens is 2. The van der Waals surface area contributed by atoms with Crippen LogP contribution in [0.1, 0.15) is 40.3 Å². The van der Waals surface area contributed by atoms with Gasteiger partial charge in [-0.05, 0) is 37.1 Å². The van der Waals surface area contributed by atoms with Crippen LogP contribution in [-0.2, 0) is 20.7 Å². The molecule has 1 aliphatic carbocycles. The van der Waals surface area contributed by atoms with Crippen molar-refractivity contribution in [2.24, 2.45) is 0 Å². The molecule has 0 aliphatic heterocycles. The van der Waals surface area contributed by atoms with Gasteiger partial charge in [-0.1, -0.05) is 24.3 Å². The van der Waals surface area contributed by atoms with E-state index in [1.807, 2.05) is 24.3 Å². The molecule has 1 aromatic carbocycles. The number of ether oxygens (including phenoxy) is 3. The van der Waals surface area contributed by atoms with Crippen LogP contribution in [0.15, 0.2) is 42.6 Å². The number of imidazole rings is 1. The quantitative estimate of drug-likeness (QED) is 0.472. The Hall–Kier alpha value is -3.19. The molecular weight excluding hydrogens is 372 g/mol. The number of carbonyl (C=O) groups excluding carboxylic acids is 2. The normalized spacial score (nSPS) is 19.0. The summed E-state index contributed by atoms with van der Waals surface area (Å²) in [6, 6.07) is 11.5. The Morgan fingerprint density at radius 2 is 2.07 bits per heavy atom. The highest BCUT2D eigenvalue weighted by Gasteiger charge is 2.38. The first kappa shape index (κ1) is 19.1. The fourth-order valence-corrected chi connectivity index (χ4v) is 3.65. The van der Waals surface area contributed by atoms with Gasteiger partial charge < -0.3 is 14.2 Å². The third kappa shape index (κ3) is 3.38. The number of hydrogen-bond acceptors (Lipinski definition) is 6. The Kier molecular flexibility index (Phi) is 5.07. The molecule has 0 fully saturated rings. The average Bonchev–Trinajstić information content (AvgIpc) is 3.24. The molecule has 0 bridgehead atoms. The smallest absolute Gasteiger partial charge is 0.335 e. The van der Waals surface area contributed by atoms with Crippen LogP contribution >= 0.6 is 0 Å². The van der Waals surface area contributed by atoms with E-state index in [-0.39, 0.29) is 0 Å². The summed E-state index contributed by atoms with van der Waals surface area (Å²) in [6.07, 6.45) is 1.47. The van der Waals surface area contributed by atoms with Crippen molar-refractivity contribution in [2.75, 3.05) is 7.11 Å². The minimum absolute atomic E-state index is 0.433. The Labute approximate surface area is 168 Å². The van der Waals surface area contributed by atoms with Crippen molar-refractivity contribution >= 4 is 17.9 Å². The number of aryl methyl sites for hydroxylation is 1. The van der Waals surface area contributed by atoms with Crippen molar-refractivity contribution in [3.05, 3.63) is 65.1 Å². The molecule has 1 aliphatic rings. The van der Waals surface area contributed by atoms with E-state index in [0.29, 0.717) is 29.2 Å². The summed E-state index contributed by atoms with van der Waals surface area (Å²) in [5, 5.41) is 0. The van der Waals surface area contributed by atoms with Gasteiger partial charge in [0, 0.05) is 19.7 Å². The minimum Gasteiger partial charge on any atom is -0.478 e. The predicted octanol–water partition coefficient (Wildman–Crippen LogP) is 3.08. The van der Waals surface area contributed by atoms with Crippen LogP contribution in [0.4, 0.5) is 0 Å². The van der Waals surface area contributed by atoms with Crippen molar-refractivity contribution in [3.8, 4) is 5.75 Å². The van der Waals surface area contributed by atoms with Gasteiger partial charge in [-0.3, -0.25) is 9.20 Å². The zero-order valence-electron chi connectivity index (χ0n) is 16.5. The van der Waals surface area contributed by atoms with Gasteiger partial charge in [-0.25, -0.2) is 9.78 Å². The summed E-state index contributed by atoms with van der Waals surface area (Å²) in [7, 11) is 1.47. The van der Waals surface area contributed by atoms with Gasteiger partial charge in [0.15, 0.2) is 29.9 Å². The lowest BCUT2D eigenvalue weighted by Gasteiger charge is -2.23. The number of aldehydes is 1. The summed E-state index contributed by atoms with van der Waals surface area (Å²) in [4.78, 5) is 28.2. The molecule has 0 amide bonds. The molecule has 4 rings (SSSR count). The van der Waals surface area contributed by atoms with Crippen LogP contribution in [0.2, 0.25) is 0 Å². The van der Waals surface area contributed by atoms with E-state index in [4.69, 9.17) is 14.2 Å². The third-order valence-electron chi connectivity index (χ3n) is 5.27. The van der Waals surface area contributed by atoms with Crippen molar-refractivity contribution in [1.29, 1.82) is 0 Å². The lowest BCUT2D eigenvalue weighted by molar-refractivity contribution is -0.163. The summed E-state index contributed by atoms with van der Waals surface area (Å²) >= 11 is 0. The molecular formula is C22H22N2O5. The number of benzene rings is 1. The second-order valence-electron chi connectivity index (χ2n) is 7.06. The standard InChI is InChI=1S/C22H22N2O5/c1-13-17(12-25)24-10-6-9-18(21(24)23-13)28-20-16-8-5-4-7-15(16)11-19(20)29-22(26)14(2)27-3/h4-10,12,14,19-20H,11H2,1-3H3/t14-,19+,20+/m0/s1. The molecule has 0 radical (unpaired) electrons. The van der Waals surface area contributed by atoms with E-state index in [9.17, 15) is 9.59 Å². The molecule has 2 heterocycles. The monoisotopic (exact) mass is 394 g/mol. The molecule has 150 valence electrons. The van der Waals surface area contributed by atoms with Crippen LogP contribution in [0.3, 0.4) is 0 Å². The first-order valence-corrected chi connectivity index (χ1v) is 9.44. The number of nitrogens with zero attached hydrogens (tertiary/aromatic N) is 2. The van der Waals surface area contributed by atoms with Crippen LogP contribution in [-0.4, -0.2) is 41.0 Å². The first-order chi connectivity index (χ1) is 14.0. The SMILES string of the molecule is CO[C@@H](C)C(=O)O[C@@H]1Cc2ccccc2[C@H]1Oc1cccn2c(C=O)c(C)nc12. The zero-order chi connectivity index (χ0) is 20.5. The molecule has 0 saturated carbocycles. The highest BCUT2D eigenvalue weighted by molar-refractivity contribution is 5.77. The van der Waals surface area contributed by atoms with Crippen LogP contribution < -0.4 is 4.74 Å². The number of rotatable bonds is 6. The molecule has 7 heteroatoms. The molecule has 3 aromatic rings. The first-order valence-electron chi connectivity index (χ1n) is 9.44. The summed E-state index contributed by atoms with van der Waals surface area (Å²) in [5.74, 6) is 0.0863. The molecule has 0 N–H and O–H groups in total. The Balaban J connectivity index is 1.70. The predicted molar refractivity (Wildman–Crippen MR) is 105 cm³/mol. The van der Waals surface area contributed by atoms with Gasteiger partial charge in [-0.15, -0.1) is 0 Å². The molecule has 29 heavy (non-hydrogen) atoms.